The van der Waals surface area contributed by atoms with Gasteiger partial charge in [0.15, 0.2) is 0 Å². The molecule has 0 bridgehead atoms. The van der Waals surface area contributed by atoms with E-state index in [-0.39, 0.29) is 16.3 Å². The van der Waals surface area contributed by atoms with Crippen LogP contribution in [0.4, 0.5) is 5.69 Å². The third-order valence-corrected chi connectivity index (χ3v) is 2.78. The van der Waals surface area contributed by atoms with Crippen LogP contribution in [0.5, 0.6) is 5.75 Å². The number of nitrogens with zero attached hydrogens (tertiary/aromatic N) is 1. The highest BCUT2D eigenvalue weighted by Crippen LogP contribution is 2.36. The number of anilines is 1. The number of carboxylic acids is 1. The Morgan fingerprint density at radius 3 is 2.38 bits per heavy atom. The first-order valence-electron chi connectivity index (χ1n) is 5.02. The lowest BCUT2D eigenvalue weighted by Gasteiger charge is -2.24. The van der Waals surface area contributed by atoms with E-state index in [9.17, 15) is 9.90 Å². The monoisotopic (exact) mass is 243 g/mol. The average molecular weight is 244 g/mol. The van der Waals surface area contributed by atoms with Crippen molar-refractivity contribution in [3.05, 3.63) is 22.7 Å². The molecule has 5 heteroatoms. The summed E-state index contributed by atoms with van der Waals surface area (Å²) >= 11 is 5.94. The fraction of sp³-hybridized carbons (Fsp3) is 0.364. The lowest BCUT2D eigenvalue weighted by Crippen LogP contribution is -2.24. The number of carbonyl (C=O) groups is 1. The molecule has 0 heterocycles. The highest BCUT2D eigenvalue weighted by Gasteiger charge is 2.19. The average Bonchev–Trinajstić information content (AvgIpc) is 2.25. The number of hydrogen-bond acceptors (Lipinski definition) is 3. The lowest BCUT2D eigenvalue weighted by molar-refractivity contribution is 0.0697. The Bertz CT molecular complexity index is 402. The summed E-state index contributed by atoms with van der Waals surface area (Å²) in [6, 6.07) is 2.65. The van der Waals surface area contributed by atoms with Crippen molar-refractivity contribution in [1.29, 1.82) is 0 Å². The number of benzene rings is 1. The Morgan fingerprint density at radius 1 is 1.38 bits per heavy atom. The van der Waals surface area contributed by atoms with Crippen LogP contribution in [0.15, 0.2) is 12.1 Å². The van der Waals surface area contributed by atoms with Gasteiger partial charge in [-0.3, -0.25) is 0 Å². The standard InChI is InChI=1S/C11H14ClNO3/c1-3-13(4-2)10-7(11(15)16)5-6-8(14)9(10)12/h5-6,14H,3-4H2,1-2H3,(H,15,16). The Hall–Kier alpha value is -1.42. The summed E-state index contributed by atoms with van der Waals surface area (Å²) in [5, 5.41) is 18.6. The van der Waals surface area contributed by atoms with Crippen molar-refractivity contribution in [3.8, 4) is 5.75 Å². The van der Waals surface area contributed by atoms with Gasteiger partial charge in [0.2, 0.25) is 0 Å². The predicted molar refractivity (Wildman–Crippen MR) is 63.6 cm³/mol. The molecule has 0 atom stereocenters. The molecule has 0 amide bonds. The number of phenols is 1. The van der Waals surface area contributed by atoms with E-state index in [1.807, 2.05) is 13.8 Å². The summed E-state index contributed by atoms with van der Waals surface area (Å²) in [7, 11) is 0. The maximum absolute atomic E-state index is 11.1. The molecule has 1 aromatic carbocycles. The van der Waals surface area contributed by atoms with Gasteiger partial charge in [-0.15, -0.1) is 0 Å². The zero-order chi connectivity index (χ0) is 12.3. The van der Waals surface area contributed by atoms with Crippen molar-refractivity contribution in [2.75, 3.05) is 18.0 Å². The summed E-state index contributed by atoms with van der Waals surface area (Å²) in [5.41, 5.74) is 0.477. The van der Waals surface area contributed by atoms with Gasteiger partial charge in [-0.25, -0.2) is 4.79 Å². The van der Waals surface area contributed by atoms with Crippen molar-refractivity contribution in [2.24, 2.45) is 0 Å². The fourth-order valence-corrected chi connectivity index (χ4v) is 1.86. The molecule has 0 aliphatic carbocycles. The van der Waals surface area contributed by atoms with Crippen molar-refractivity contribution >= 4 is 23.3 Å². The highest BCUT2D eigenvalue weighted by atomic mass is 35.5. The number of hydrogen-bond donors (Lipinski definition) is 2. The Morgan fingerprint density at radius 2 is 1.94 bits per heavy atom. The summed E-state index contributed by atoms with van der Waals surface area (Å²) in [4.78, 5) is 12.9. The van der Waals surface area contributed by atoms with Gasteiger partial charge in [-0.05, 0) is 26.0 Å². The molecule has 2 N–H and O–H groups in total. The van der Waals surface area contributed by atoms with E-state index in [4.69, 9.17) is 16.7 Å². The van der Waals surface area contributed by atoms with Gasteiger partial charge in [0.25, 0.3) is 0 Å². The van der Waals surface area contributed by atoms with Crippen LogP contribution in [-0.4, -0.2) is 29.3 Å². The van der Waals surface area contributed by atoms with Gasteiger partial charge in [0.1, 0.15) is 10.8 Å². The number of aromatic hydroxyl groups is 1. The Kier molecular flexibility index (Phi) is 4.01. The van der Waals surface area contributed by atoms with Crippen LogP contribution in [0, 0.1) is 0 Å². The molecule has 1 aromatic rings. The summed E-state index contributed by atoms with van der Waals surface area (Å²) in [6.45, 7) is 5.05. The van der Waals surface area contributed by atoms with Gasteiger partial charge in [0.05, 0.1) is 11.3 Å². The molecule has 0 saturated heterocycles. The van der Waals surface area contributed by atoms with Crippen LogP contribution in [0.2, 0.25) is 5.02 Å². The zero-order valence-corrected chi connectivity index (χ0v) is 9.95. The molecular weight excluding hydrogens is 230 g/mol. The van der Waals surface area contributed by atoms with E-state index in [0.717, 1.165) is 0 Å². The molecule has 0 saturated carbocycles. The smallest absolute Gasteiger partial charge is 0.337 e. The van der Waals surface area contributed by atoms with E-state index < -0.39 is 5.97 Å². The van der Waals surface area contributed by atoms with Crippen molar-refractivity contribution in [2.45, 2.75) is 13.8 Å². The van der Waals surface area contributed by atoms with Crippen LogP contribution in [-0.2, 0) is 0 Å². The van der Waals surface area contributed by atoms with Crippen LogP contribution in [0.1, 0.15) is 24.2 Å². The topological polar surface area (TPSA) is 60.8 Å². The van der Waals surface area contributed by atoms with Gasteiger partial charge < -0.3 is 15.1 Å². The predicted octanol–water partition coefficient (Wildman–Crippen LogP) is 2.59. The van der Waals surface area contributed by atoms with Gasteiger partial charge >= 0.3 is 5.97 Å². The van der Waals surface area contributed by atoms with Crippen LogP contribution >= 0.6 is 11.6 Å². The van der Waals surface area contributed by atoms with Crippen molar-refractivity contribution in [3.63, 3.8) is 0 Å². The summed E-state index contributed by atoms with van der Waals surface area (Å²) < 4.78 is 0. The summed E-state index contributed by atoms with van der Waals surface area (Å²) in [6.07, 6.45) is 0. The minimum atomic E-state index is -1.05. The third kappa shape index (κ3) is 2.22. The minimum absolute atomic E-state index is 0.0867. The maximum atomic E-state index is 11.1. The van der Waals surface area contributed by atoms with Crippen LogP contribution < -0.4 is 4.90 Å². The molecule has 1 rings (SSSR count). The van der Waals surface area contributed by atoms with Crippen molar-refractivity contribution < 1.29 is 15.0 Å². The molecule has 16 heavy (non-hydrogen) atoms. The summed E-state index contributed by atoms with van der Waals surface area (Å²) in [5.74, 6) is -1.16. The first-order chi connectivity index (χ1) is 7.52. The zero-order valence-electron chi connectivity index (χ0n) is 9.20. The number of phenolic OH excluding ortho intramolecular Hbond substituents is 1. The molecule has 0 aromatic heterocycles. The first kappa shape index (κ1) is 12.6. The van der Waals surface area contributed by atoms with E-state index in [2.05, 4.69) is 0 Å². The maximum Gasteiger partial charge on any atom is 0.337 e. The van der Waals surface area contributed by atoms with E-state index in [0.29, 0.717) is 18.8 Å². The number of halogens is 1. The van der Waals surface area contributed by atoms with Gasteiger partial charge in [-0.1, -0.05) is 11.6 Å². The Balaban J connectivity index is 3.41. The molecule has 0 radical (unpaired) electrons. The molecule has 0 spiro atoms. The van der Waals surface area contributed by atoms with Crippen molar-refractivity contribution in [1.82, 2.24) is 0 Å². The molecule has 0 unspecified atom stereocenters. The molecule has 0 aliphatic heterocycles. The second-order valence-electron chi connectivity index (χ2n) is 3.27. The molecule has 0 fully saturated rings. The largest absolute Gasteiger partial charge is 0.506 e. The highest BCUT2D eigenvalue weighted by molar-refractivity contribution is 6.35. The molecular formula is C11H14ClNO3. The number of rotatable bonds is 4. The van der Waals surface area contributed by atoms with E-state index in [1.165, 1.54) is 12.1 Å². The van der Waals surface area contributed by atoms with Crippen LogP contribution in [0.3, 0.4) is 0 Å². The normalized spacial score (nSPS) is 10.2. The van der Waals surface area contributed by atoms with Gasteiger partial charge in [-0.2, -0.15) is 0 Å². The fourth-order valence-electron chi connectivity index (χ4n) is 1.58. The third-order valence-electron chi connectivity index (χ3n) is 2.41. The quantitative estimate of drug-likeness (QED) is 0.853. The number of carboxylic acid groups (broad SMARTS) is 1. The molecule has 88 valence electrons. The van der Waals surface area contributed by atoms with Gasteiger partial charge in [0, 0.05) is 13.1 Å². The lowest BCUT2D eigenvalue weighted by atomic mass is 10.1. The number of aromatic carboxylic acids is 1. The second kappa shape index (κ2) is 5.07. The van der Waals surface area contributed by atoms with E-state index >= 15 is 0 Å². The Labute approximate surface area is 99.1 Å². The molecule has 0 aliphatic rings. The van der Waals surface area contributed by atoms with E-state index in [1.54, 1.807) is 4.90 Å². The first-order valence-corrected chi connectivity index (χ1v) is 5.40. The van der Waals surface area contributed by atoms with Crippen LogP contribution in [0.25, 0.3) is 0 Å². The molecule has 4 nitrogen and oxygen atoms in total. The minimum Gasteiger partial charge on any atom is -0.506 e. The SMILES string of the molecule is CCN(CC)c1c(C(=O)O)ccc(O)c1Cl. The second-order valence-corrected chi connectivity index (χ2v) is 3.65.